The number of rotatable bonds is 4. The first-order valence-electron chi connectivity index (χ1n) is 7.37. The Morgan fingerprint density at radius 3 is 2.75 bits per heavy atom. The lowest BCUT2D eigenvalue weighted by molar-refractivity contribution is 0.0471. The number of hydrogen-bond acceptors (Lipinski definition) is 5. The summed E-state index contributed by atoms with van der Waals surface area (Å²) in [6.45, 7) is 1.75. The zero-order valence-corrected chi connectivity index (χ0v) is 13.0. The normalized spacial score (nSPS) is 10.2. The topological polar surface area (TPSA) is 76.1 Å². The summed E-state index contributed by atoms with van der Waals surface area (Å²) in [5.74, 6) is -0.0976. The Kier molecular flexibility index (Phi) is 4.39. The van der Waals surface area contributed by atoms with Crippen LogP contribution in [0.15, 0.2) is 59.1 Å². The molecule has 5 nitrogen and oxygen atoms in total. The van der Waals surface area contributed by atoms with Crippen LogP contribution in [0, 0.1) is 18.3 Å². The van der Waals surface area contributed by atoms with E-state index in [-0.39, 0.29) is 6.61 Å². The van der Waals surface area contributed by atoms with Crippen molar-refractivity contribution in [3.05, 3.63) is 77.0 Å². The maximum atomic E-state index is 12.5. The third-order valence-electron chi connectivity index (χ3n) is 3.54. The van der Waals surface area contributed by atoms with Gasteiger partial charge in [0.05, 0.1) is 11.6 Å². The van der Waals surface area contributed by atoms with E-state index in [4.69, 9.17) is 14.5 Å². The van der Waals surface area contributed by atoms with Gasteiger partial charge in [0.2, 0.25) is 0 Å². The minimum absolute atomic E-state index is 0.0766. The van der Waals surface area contributed by atoms with E-state index in [1.807, 2.05) is 30.3 Å². The van der Waals surface area contributed by atoms with Crippen LogP contribution in [-0.4, -0.2) is 11.1 Å². The molecule has 0 atom stereocenters. The van der Waals surface area contributed by atoms with Gasteiger partial charge >= 0.3 is 5.97 Å². The van der Waals surface area contributed by atoms with Gasteiger partial charge in [0.1, 0.15) is 23.6 Å². The molecule has 0 saturated heterocycles. The molecule has 0 spiro atoms. The summed E-state index contributed by atoms with van der Waals surface area (Å²) in [6, 6.07) is 18.3. The lowest BCUT2D eigenvalue weighted by Gasteiger charge is -2.06. The molecule has 0 aliphatic carbocycles. The van der Waals surface area contributed by atoms with Gasteiger partial charge in [-0.05, 0) is 24.6 Å². The molecule has 0 saturated carbocycles. The average Bonchev–Trinajstić information content (AvgIpc) is 3.02. The molecule has 5 heteroatoms. The molecule has 0 amide bonds. The number of aromatic nitrogens is 1. The summed E-state index contributed by atoms with van der Waals surface area (Å²) in [5, 5.41) is 12.9. The first-order chi connectivity index (χ1) is 11.7. The predicted molar refractivity (Wildman–Crippen MR) is 87.0 cm³/mol. The molecule has 0 N–H and O–H groups in total. The van der Waals surface area contributed by atoms with Gasteiger partial charge in [-0.1, -0.05) is 47.6 Å². The summed E-state index contributed by atoms with van der Waals surface area (Å²) in [6.07, 6.45) is 0. The highest BCUT2D eigenvalue weighted by molar-refractivity contribution is 5.97. The fraction of sp³-hybridized carbons (Fsp3) is 0.105. The Morgan fingerprint density at radius 1 is 1.21 bits per heavy atom. The standard InChI is InChI=1S/C19H14N2O3/c1-13-17(18(21-24-13)16-8-3-2-4-9-16)19(22)23-12-15-7-5-6-14(10-15)11-20/h2-10H,12H2,1H3. The van der Waals surface area contributed by atoms with Crippen LogP contribution >= 0.6 is 0 Å². The number of esters is 1. The molecule has 1 aromatic heterocycles. The fourth-order valence-corrected chi connectivity index (χ4v) is 2.36. The Bertz CT molecular complexity index is 908. The van der Waals surface area contributed by atoms with E-state index in [9.17, 15) is 4.79 Å². The number of carbonyl (C=O) groups is 1. The van der Waals surface area contributed by atoms with E-state index in [0.29, 0.717) is 22.6 Å². The van der Waals surface area contributed by atoms with Gasteiger partial charge in [0.25, 0.3) is 0 Å². The van der Waals surface area contributed by atoms with E-state index in [2.05, 4.69) is 11.2 Å². The molecular formula is C19H14N2O3. The zero-order chi connectivity index (χ0) is 16.9. The molecule has 3 aromatic rings. The van der Waals surface area contributed by atoms with E-state index < -0.39 is 5.97 Å². The lowest BCUT2D eigenvalue weighted by atomic mass is 10.1. The minimum atomic E-state index is -0.505. The van der Waals surface area contributed by atoms with Crippen molar-refractivity contribution in [3.63, 3.8) is 0 Å². The van der Waals surface area contributed by atoms with Crippen molar-refractivity contribution in [2.24, 2.45) is 0 Å². The number of benzene rings is 2. The van der Waals surface area contributed by atoms with Crippen LogP contribution < -0.4 is 0 Å². The monoisotopic (exact) mass is 318 g/mol. The van der Waals surface area contributed by atoms with Crippen LogP contribution in [0.3, 0.4) is 0 Å². The van der Waals surface area contributed by atoms with E-state index in [0.717, 1.165) is 11.1 Å². The van der Waals surface area contributed by atoms with Gasteiger partial charge in [0.15, 0.2) is 0 Å². The van der Waals surface area contributed by atoms with Crippen molar-refractivity contribution in [2.75, 3.05) is 0 Å². The molecule has 1 heterocycles. The summed E-state index contributed by atoms with van der Waals surface area (Å²) in [7, 11) is 0. The smallest absolute Gasteiger partial charge is 0.344 e. The number of hydrogen-bond donors (Lipinski definition) is 0. The number of ether oxygens (including phenoxy) is 1. The highest BCUT2D eigenvalue weighted by Crippen LogP contribution is 2.26. The summed E-state index contributed by atoms with van der Waals surface area (Å²) >= 11 is 0. The summed E-state index contributed by atoms with van der Waals surface area (Å²) in [5.41, 5.74) is 2.83. The summed E-state index contributed by atoms with van der Waals surface area (Å²) < 4.78 is 10.5. The van der Waals surface area contributed by atoms with Crippen LogP contribution in [0.4, 0.5) is 0 Å². The van der Waals surface area contributed by atoms with Crippen LogP contribution in [0.5, 0.6) is 0 Å². The first-order valence-corrected chi connectivity index (χ1v) is 7.37. The van der Waals surface area contributed by atoms with Gasteiger partial charge in [-0.15, -0.1) is 0 Å². The van der Waals surface area contributed by atoms with Gasteiger partial charge in [-0.2, -0.15) is 5.26 Å². The predicted octanol–water partition coefficient (Wildman–Crippen LogP) is 3.88. The molecule has 3 rings (SSSR count). The highest BCUT2D eigenvalue weighted by Gasteiger charge is 2.22. The fourth-order valence-electron chi connectivity index (χ4n) is 2.36. The van der Waals surface area contributed by atoms with Crippen molar-refractivity contribution < 1.29 is 14.1 Å². The maximum Gasteiger partial charge on any atom is 0.344 e. The minimum Gasteiger partial charge on any atom is -0.457 e. The van der Waals surface area contributed by atoms with E-state index in [1.54, 1.807) is 31.2 Å². The number of nitriles is 1. The molecular weight excluding hydrogens is 304 g/mol. The molecule has 2 aromatic carbocycles. The SMILES string of the molecule is Cc1onc(-c2ccccc2)c1C(=O)OCc1cccc(C#N)c1. The van der Waals surface area contributed by atoms with Crippen LogP contribution in [0.25, 0.3) is 11.3 Å². The molecule has 24 heavy (non-hydrogen) atoms. The quantitative estimate of drug-likeness (QED) is 0.682. The molecule has 0 aliphatic rings. The maximum absolute atomic E-state index is 12.5. The number of aryl methyl sites for hydroxylation is 1. The van der Waals surface area contributed by atoms with Crippen LogP contribution in [0.1, 0.15) is 27.2 Å². The second kappa shape index (κ2) is 6.80. The molecule has 0 radical (unpaired) electrons. The second-order valence-corrected chi connectivity index (χ2v) is 5.22. The Hall–Kier alpha value is -3.39. The molecule has 118 valence electrons. The highest BCUT2D eigenvalue weighted by atomic mass is 16.5. The van der Waals surface area contributed by atoms with Crippen molar-refractivity contribution in [2.45, 2.75) is 13.5 Å². The van der Waals surface area contributed by atoms with E-state index in [1.165, 1.54) is 0 Å². The molecule has 0 unspecified atom stereocenters. The van der Waals surface area contributed by atoms with Gasteiger partial charge in [-0.25, -0.2) is 4.79 Å². The van der Waals surface area contributed by atoms with Crippen molar-refractivity contribution in [1.29, 1.82) is 5.26 Å². The third kappa shape index (κ3) is 3.18. The van der Waals surface area contributed by atoms with Crippen molar-refractivity contribution in [1.82, 2.24) is 5.16 Å². The van der Waals surface area contributed by atoms with Crippen LogP contribution in [0.2, 0.25) is 0 Å². The number of nitrogens with zero attached hydrogens (tertiary/aromatic N) is 2. The zero-order valence-electron chi connectivity index (χ0n) is 13.0. The molecule has 0 bridgehead atoms. The average molecular weight is 318 g/mol. The summed E-state index contributed by atoms with van der Waals surface area (Å²) in [4.78, 5) is 12.5. The van der Waals surface area contributed by atoms with Crippen LogP contribution in [-0.2, 0) is 11.3 Å². The van der Waals surface area contributed by atoms with Gasteiger partial charge < -0.3 is 9.26 Å². The largest absolute Gasteiger partial charge is 0.457 e. The lowest BCUT2D eigenvalue weighted by Crippen LogP contribution is -2.07. The Labute approximate surface area is 139 Å². The van der Waals surface area contributed by atoms with Crippen molar-refractivity contribution in [3.8, 4) is 17.3 Å². The Balaban J connectivity index is 1.81. The van der Waals surface area contributed by atoms with Crippen molar-refractivity contribution >= 4 is 5.97 Å². The third-order valence-corrected chi connectivity index (χ3v) is 3.54. The Morgan fingerprint density at radius 2 is 2.00 bits per heavy atom. The second-order valence-electron chi connectivity index (χ2n) is 5.22. The van der Waals surface area contributed by atoms with Gasteiger partial charge in [-0.3, -0.25) is 0 Å². The van der Waals surface area contributed by atoms with E-state index >= 15 is 0 Å². The molecule has 0 aliphatic heterocycles. The first kappa shape index (κ1) is 15.5. The number of carbonyl (C=O) groups excluding carboxylic acids is 1. The van der Waals surface area contributed by atoms with Gasteiger partial charge in [0, 0.05) is 5.56 Å². The molecule has 0 fully saturated rings.